The van der Waals surface area contributed by atoms with Gasteiger partial charge in [-0.15, -0.1) is 0 Å². The Balaban J connectivity index is 2.63. The van der Waals surface area contributed by atoms with Gasteiger partial charge >= 0.3 is 6.03 Å². The highest BCUT2D eigenvalue weighted by atomic mass is 19.2. The highest BCUT2D eigenvalue weighted by Gasteiger charge is 2.17. The van der Waals surface area contributed by atoms with Gasteiger partial charge in [-0.3, -0.25) is 10.1 Å². The second kappa shape index (κ2) is 5.95. The van der Waals surface area contributed by atoms with Crippen LogP contribution in [0.4, 0.5) is 13.6 Å². The lowest BCUT2D eigenvalue weighted by molar-refractivity contribution is -0.126. The van der Waals surface area contributed by atoms with Gasteiger partial charge in [0, 0.05) is 13.1 Å². The number of hydrogen-bond donors (Lipinski definition) is 2. The van der Waals surface area contributed by atoms with Crippen LogP contribution in [0, 0.1) is 11.6 Å². The third-order valence-electron chi connectivity index (χ3n) is 2.04. The fraction of sp³-hybridized carbons (Fsp3) is 0.273. The molecule has 0 aliphatic heterocycles. The van der Waals surface area contributed by atoms with E-state index in [0.29, 0.717) is 0 Å². The molecule has 1 aromatic carbocycles. The summed E-state index contributed by atoms with van der Waals surface area (Å²) >= 11 is 0. The summed E-state index contributed by atoms with van der Waals surface area (Å²) in [5.74, 6) is -2.79. The third-order valence-corrected chi connectivity index (χ3v) is 2.04. The van der Waals surface area contributed by atoms with Crippen molar-refractivity contribution in [3.05, 3.63) is 29.8 Å². The molecule has 0 saturated carbocycles. The third kappa shape index (κ3) is 3.69. The van der Waals surface area contributed by atoms with Crippen LogP contribution in [0.2, 0.25) is 0 Å². The molecule has 0 aliphatic rings. The number of nitrogens with one attached hydrogen (secondary N) is 2. The molecular formula is C11H12F2N2O3. The molecule has 5 nitrogen and oxygen atoms in total. The average molecular weight is 258 g/mol. The van der Waals surface area contributed by atoms with Gasteiger partial charge in [0.05, 0.1) is 0 Å². The maximum absolute atomic E-state index is 12.9. The van der Waals surface area contributed by atoms with Crippen molar-refractivity contribution in [2.24, 2.45) is 0 Å². The number of halogens is 2. The van der Waals surface area contributed by atoms with Crippen LogP contribution >= 0.6 is 0 Å². The lowest BCUT2D eigenvalue weighted by atomic mass is 10.3. The van der Waals surface area contributed by atoms with Crippen molar-refractivity contribution < 1.29 is 23.1 Å². The lowest BCUT2D eigenvalue weighted by Crippen LogP contribution is -2.43. The summed E-state index contributed by atoms with van der Waals surface area (Å²) in [6.07, 6.45) is -1.02. The summed E-state index contributed by atoms with van der Waals surface area (Å²) in [6, 6.07) is 2.20. The van der Waals surface area contributed by atoms with Crippen LogP contribution in [0.5, 0.6) is 5.75 Å². The maximum Gasteiger partial charge on any atom is 0.321 e. The molecule has 0 aromatic heterocycles. The topological polar surface area (TPSA) is 67.4 Å². The normalized spacial score (nSPS) is 11.6. The van der Waals surface area contributed by atoms with Crippen LogP contribution in [0.3, 0.4) is 0 Å². The van der Waals surface area contributed by atoms with E-state index in [4.69, 9.17) is 4.74 Å². The van der Waals surface area contributed by atoms with Gasteiger partial charge in [0.1, 0.15) is 5.75 Å². The summed E-state index contributed by atoms with van der Waals surface area (Å²) in [5.41, 5.74) is 0. The van der Waals surface area contributed by atoms with E-state index in [1.165, 1.54) is 20.0 Å². The van der Waals surface area contributed by atoms with E-state index in [0.717, 1.165) is 12.1 Å². The molecule has 1 atom stereocenters. The number of amides is 3. The number of imide groups is 1. The molecule has 18 heavy (non-hydrogen) atoms. The zero-order chi connectivity index (χ0) is 13.7. The predicted octanol–water partition coefficient (Wildman–Crippen LogP) is 1.19. The number of carbonyl (C=O) groups is 2. The zero-order valence-electron chi connectivity index (χ0n) is 9.79. The summed E-state index contributed by atoms with van der Waals surface area (Å²) in [4.78, 5) is 22.3. The Hall–Kier alpha value is -2.18. The number of ether oxygens (including phenoxy) is 1. The van der Waals surface area contributed by atoms with E-state index in [2.05, 4.69) is 5.32 Å². The van der Waals surface area contributed by atoms with Crippen molar-refractivity contribution in [3.63, 3.8) is 0 Å². The molecule has 7 heteroatoms. The standard InChI is InChI=1S/C11H12F2N2O3/c1-6(10(16)15-11(17)14-2)18-7-3-4-8(12)9(13)5-7/h3-6H,1-2H3,(H2,14,15,16,17)/t6-/m0/s1. The molecule has 0 heterocycles. The highest BCUT2D eigenvalue weighted by Crippen LogP contribution is 2.16. The van der Waals surface area contributed by atoms with Crippen molar-refractivity contribution in [1.29, 1.82) is 0 Å². The van der Waals surface area contributed by atoms with Gasteiger partial charge in [0.25, 0.3) is 5.91 Å². The Morgan fingerprint density at radius 2 is 1.94 bits per heavy atom. The van der Waals surface area contributed by atoms with Crippen molar-refractivity contribution in [2.45, 2.75) is 13.0 Å². The lowest BCUT2D eigenvalue weighted by Gasteiger charge is -2.13. The molecule has 0 spiro atoms. The molecule has 0 fully saturated rings. The van der Waals surface area contributed by atoms with E-state index in [9.17, 15) is 18.4 Å². The first kappa shape index (κ1) is 13.9. The molecule has 0 bridgehead atoms. The number of rotatable bonds is 3. The fourth-order valence-corrected chi connectivity index (χ4v) is 1.08. The average Bonchev–Trinajstić information content (AvgIpc) is 2.33. The van der Waals surface area contributed by atoms with E-state index in [1.807, 2.05) is 5.32 Å². The highest BCUT2D eigenvalue weighted by molar-refractivity contribution is 5.96. The monoisotopic (exact) mass is 258 g/mol. The minimum Gasteiger partial charge on any atom is -0.481 e. The summed E-state index contributed by atoms with van der Waals surface area (Å²) in [5, 5.41) is 4.19. The van der Waals surface area contributed by atoms with Gasteiger partial charge in [0.2, 0.25) is 0 Å². The van der Waals surface area contributed by atoms with E-state index in [1.54, 1.807) is 0 Å². The summed E-state index contributed by atoms with van der Waals surface area (Å²) < 4.78 is 30.6. The van der Waals surface area contributed by atoms with Crippen LogP contribution < -0.4 is 15.4 Å². The van der Waals surface area contributed by atoms with Crippen LogP contribution in [0.15, 0.2) is 18.2 Å². The Kier molecular flexibility index (Phi) is 4.59. The van der Waals surface area contributed by atoms with E-state index >= 15 is 0 Å². The molecule has 0 saturated heterocycles. The first-order valence-corrected chi connectivity index (χ1v) is 5.08. The summed E-state index contributed by atoms with van der Waals surface area (Å²) in [6.45, 7) is 1.37. The van der Waals surface area contributed by atoms with Gasteiger partial charge in [-0.25, -0.2) is 13.6 Å². The molecule has 1 rings (SSSR count). The Morgan fingerprint density at radius 3 is 2.50 bits per heavy atom. The zero-order valence-corrected chi connectivity index (χ0v) is 9.79. The second-order valence-corrected chi connectivity index (χ2v) is 3.40. The maximum atomic E-state index is 12.9. The SMILES string of the molecule is CNC(=O)NC(=O)[C@H](C)Oc1ccc(F)c(F)c1. The van der Waals surface area contributed by atoms with Crippen LogP contribution in [0.1, 0.15) is 6.92 Å². The predicted molar refractivity (Wildman–Crippen MR) is 59.0 cm³/mol. The Labute approximate surface area is 102 Å². The van der Waals surface area contributed by atoms with E-state index < -0.39 is 29.7 Å². The van der Waals surface area contributed by atoms with Crippen molar-refractivity contribution in [3.8, 4) is 5.75 Å². The molecule has 3 amide bonds. The van der Waals surface area contributed by atoms with Gasteiger partial charge in [0.15, 0.2) is 17.7 Å². The van der Waals surface area contributed by atoms with Crippen molar-refractivity contribution in [1.82, 2.24) is 10.6 Å². The number of hydrogen-bond acceptors (Lipinski definition) is 3. The smallest absolute Gasteiger partial charge is 0.321 e. The minimum atomic E-state index is -1.08. The first-order chi connectivity index (χ1) is 8.43. The molecule has 0 aliphatic carbocycles. The second-order valence-electron chi connectivity index (χ2n) is 3.40. The molecule has 0 unspecified atom stereocenters. The number of benzene rings is 1. The fourth-order valence-electron chi connectivity index (χ4n) is 1.08. The van der Waals surface area contributed by atoms with Gasteiger partial charge in [-0.05, 0) is 19.1 Å². The first-order valence-electron chi connectivity index (χ1n) is 5.08. The van der Waals surface area contributed by atoms with Crippen LogP contribution in [-0.2, 0) is 4.79 Å². The Bertz CT molecular complexity index is 466. The molecule has 0 radical (unpaired) electrons. The Morgan fingerprint density at radius 1 is 1.28 bits per heavy atom. The van der Waals surface area contributed by atoms with Crippen LogP contribution in [-0.4, -0.2) is 25.1 Å². The van der Waals surface area contributed by atoms with Crippen LogP contribution in [0.25, 0.3) is 0 Å². The quantitative estimate of drug-likeness (QED) is 0.855. The van der Waals surface area contributed by atoms with Crippen molar-refractivity contribution in [2.75, 3.05) is 7.05 Å². The van der Waals surface area contributed by atoms with Crippen molar-refractivity contribution >= 4 is 11.9 Å². The molecular weight excluding hydrogens is 246 g/mol. The van der Waals surface area contributed by atoms with Gasteiger partial charge in [-0.1, -0.05) is 0 Å². The van der Waals surface area contributed by atoms with Gasteiger partial charge < -0.3 is 10.1 Å². The number of carbonyl (C=O) groups excluding carboxylic acids is 2. The molecule has 98 valence electrons. The van der Waals surface area contributed by atoms with E-state index in [-0.39, 0.29) is 5.75 Å². The molecule has 1 aromatic rings. The summed E-state index contributed by atoms with van der Waals surface area (Å²) in [7, 11) is 1.35. The molecule has 2 N–H and O–H groups in total. The minimum absolute atomic E-state index is 0.00606. The van der Waals surface area contributed by atoms with Gasteiger partial charge in [-0.2, -0.15) is 0 Å². The number of urea groups is 1. The largest absolute Gasteiger partial charge is 0.481 e.